The molecule has 5 rings (SSSR count). The van der Waals surface area contributed by atoms with E-state index in [1.165, 1.54) is 6.42 Å². The SMILES string of the molecule is CC1(C)C[C@@H]2C3C4O[C@@]21CC[C@]1(C)O[C@H]3[C@H](O)C41. The summed E-state index contributed by atoms with van der Waals surface area (Å²) in [5.41, 5.74) is 0.274. The fourth-order valence-electron chi connectivity index (χ4n) is 6.35. The number of aliphatic hydroxyl groups is 1. The molecular weight excluding hydrogens is 228 g/mol. The van der Waals surface area contributed by atoms with Gasteiger partial charge in [0.05, 0.1) is 29.5 Å². The maximum Gasteiger partial charge on any atom is 0.0903 e. The van der Waals surface area contributed by atoms with E-state index in [1.54, 1.807) is 0 Å². The van der Waals surface area contributed by atoms with Crippen LogP contribution in [-0.2, 0) is 9.47 Å². The molecule has 0 aromatic heterocycles. The monoisotopic (exact) mass is 250 g/mol. The van der Waals surface area contributed by atoms with Gasteiger partial charge in [-0.1, -0.05) is 13.8 Å². The zero-order valence-corrected chi connectivity index (χ0v) is 11.3. The van der Waals surface area contributed by atoms with Crippen LogP contribution in [0.2, 0.25) is 0 Å². The van der Waals surface area contributed by atoms with Gasteiger partial charge in [0.15, 0.2) is 0 Å². The van der Waals surface area contributed by atoms with E-state index in [4.69, 9.17) is 9.47 Å². The number of ether oxygens (including phenoxy) is 2. The highest BCUT2D eigenvalue weighted by molar-refractivity contribution is 5.28. The predicted molar refractivity (Wildman–Crippen MR) is 65.0 cm³/mol. The molecule has 8 atom stereocenters. The Morgan fingerprint density at radius 1 is 1.06 bits per heavy atom. The predicted octanol–water partition coefficient (Wildman–Crippen LogP) is 1.73. The lowest BCUT2D eigenvalue weighted by Gasteiger charge is -2.60. The summed E-state index contributed by atoms with van der Waals surface area (Å²) < 4.78 is 12.9. The van der Waals surface area contributed by atoms with Crippen LogP contribution in [0.5, 0.6) is 0 Å². The van der Waals surface area contributed by atoms with Gasteiger partial charge in [0.1, 0.15) is 0 Å². The Kier molecular flexibility index (Phi) is 1.51. The second-order valence-electron chi connectivity index (χ2n) is 8.16. The lowest BCUT2D eigenvalue weighted by molar-refractivity contribution is -0.211. The molecule has 2 aliphatic carbocycles. The highest BCUT2D eigenvalue weighted by Gasteiger charge is 2.80. The van der Waals surface area contributed by atoms with Gasteiger partial charge in [-0.25, -0.2) is 0 Å². The van der Waals surface area contributed by atoms with Crippen LogP contribution in [0.15, 0.2) is 0 Å². The molecule has 18 heavy (non-hydrogen) atoms. The summed E-state index contributed by atoms with van der Waals surface area (Å²) in [7, 11) is 0. The summed E-state index contributed by atoms with van der Waals surface area (Å²) >= 11 is 0. The molecule has 3 nitrogen and oxygen atoms in total. The molecule has 3 heterocycles. The van der Waals surface area contributed by atoms with Crippen LogP contribution in [0.1, 0.15) is 40.0 Å². The number of hydrogen-bond donors (Lipinski definition) is 1. The fraction of sp³-hybridized carbons (Fsp3) is 1.00. The first-order valence-corrected chi connectivity index (χ1v) is 7.43. The summed E-state index contributed by atoms with van der Waals surface area (Å²) in [6.45, 7) is 6.91. The number of hydrogen-bond acceptors (Lipinski definition) is 3. The fourth-order valence-corrected chi connectivity index (χ4v) is 6.35. The Bertz CT molecular complexity index is 447. The van der Waals surface area contributed by atoms with E-state index in [2.05, 4.69) is 20.8 Å². The van der Waals surface area contributed by atoms with Gasteiger partial charge >= 0.3 is 0 Å². The molecule has 3 aliphatic heterocycles. The normalized spacial score (nSPS) is 70.0. The summed E-state index contributed by atoms with van der Waals surface area (Å²) in [5, 5.41) is 10.5. The van der Waals surface area contributed by atoms with Gasteiger partial charge in [0.25, 0.3) is 0 Å². The first-order valence-electron chi connectivity index (χ1n) is 7.43. The van der Waals surface area contributed by atoms with Crippen LogP contribution in [0, 0.1) is 23.2 Å². The molecule has 1 spiro atoms. The van der Waals surface area contributed by atoms with Crippen molar-refractivity contribution in [2.75, 3.05) is 0 Å². The van der Waals surface area contributed by atoms with Crippen molar-refractivity contribution in [1.29, 1.82) is 0 Å². The van der Waals surface area contributed by atoms with Gasteiger partial charge in [-0.15, -0.1) is 0 Å². The van der Waals surface area contributed by atoms with Crippen LogP contribution in [0.3, 0.4) is 0 Å². The smallest absolute Gasteiger partial charge is 0.0903 e. The van der Waals surface area contributed by atoms with Crippen LogP contribution >= 0.6 is 0 Å². The molecular formula is C15H22O3. The van der Waals surface area contributed by atoms with Crippen molar-refractivity contribution in [2.45, 2.75) is 69.5 Å². The van der Waals surface area contributed by atoms with Crippen molar-refractivity contribution in [2.24, 2.45) is 23.2 Å². The summed E-state index contributed by atoms with van der Waals surface area (Å²) in [6.07, 6.45) is 3.43. The van der Waals surface area contributed by atoms with Crippen LogP contribution in [-0.4, -0.2) is 34.6 Å². The standard InChI is InChI=1S/C15H22O3/c1-13(2)6-7-8-11-9-10(16)12(8)17-14(9,3)4-5-15(7,13)18-11/h7-12,16H,4-6H2,1-3H3/t7-,8?,9?,10-,11?,12-,14+,15+/m1/s1. The minimum Gasteiger partial charge on any atom is -0.390 e. The molecule has 4 bridgehead atoms. The van der Waals surface area contributed by atoms with Crippen molar-refractivity contribution in [1.82, 2.24) is 0 Å². The van der Waals surface area contributed by atoms with Crippen molar-refractivity contribution < 1.29 is 14.6 Å². The third-order valence-electron chi connectivity index (χ3n) is 7.21. The average molecular weight is 250 g/mol. The maximum absolute atomic E-state index is 10.5. The number of aliphatic hydroxyl groups excluding tert-OH is 1. The third kappa shape index (κ3) is 0.786. The van der Waals surface area contributed by atoms with Gasteiger partial charge in [-0.3, -0.25) is 0 Å². The van der Waals surface area contributed by atoms with Crippen LogP contribution < -0.4 is 0 Å². The van der Waals surface area contributed by atoms with Crippen molar-refractivity contribution in [3.8, 4) is 0 Å². The topological polar surface area (TPSA) is 38.7 Å². The van der Waals surface area contributed by atoms with Crippen molar-refractivity contribution in [3.05, 3.63) is 0 Å². The summed E-state index contributed by atoms with van der Waals surface area (Å²) in [6, 6.07) is 0. The molecule has 1 N–H and O–H groups in total. The molecule has 0 aromatic carbocycles. The molecule has 5 aliphatic rings. The van der Waals surface area contributed by atoms with Crippen molar-refractivity contribution >= 4 is 0 Å². The van der Waals surface area contributed by atoms with E-state index in [9.17, 15) is 5.11 Å². The van der Waals surface area contributed by atoms with E-state index in [1.807, 2.05) is 0 Å². The minimum atomic E-state index is -0.287. The quantitative estimate of drug-likeness (QED) is 0.711. The molecule has 2 saturated carbocycles. The Morgan fingerprint density at radius 3 is 2.56 bits per heavy atom. The molecule has 0 amide bonds. The number of fused-ring (bicyclic) bond motifs is 3. The van der Waals surface area contributed by atoms with E-state index in [0.29, 0.717) is 17.3 Å². The molecule has 3 saturated heterocycles. The minimum absolute atomic E-state index is 0.0493. The molecule has 100 valence electrons. The molecule has 5 fully saturated rings. The van der Waals surface area contributed by atoms with E-state index in [-0.39, 0.29) is 35.4 Å². The lowest BCUT2D eigenvalue weighted by Crippen LogP contribution is -2.63. The molecule has 0 aromatic rings. The molecule has 0 radical (unpaired) electrons. The lowest BCUT2D eigenvalue weighted by atomic mass is 9.47. The largest absolute Gasteiger partial charge is 0.390 e. The highest BCUT2D eigenvalue weighted by atomic mass is 16.6. The number of rotatable bonds is 0. The summed E-state index contributed by atoms with van der Waals surface area (Å²) in [5.74, 6) is 1.31. The van der Waals surface area contributed by atoms with Gasteiger partial charge < -0.3 is 14.6 Å². The zero-order valence-electron chi connectivity index (χ0n) is 11.3. The Morgan fingerprint density at radius 2 is 1.83 bits per heavy atom. The van der Waals surface area contributed by atoms with Gasteiger partial charge in [0, 0.05) is 11.8 Å². The van der Waals surface area contributed by atoms with Crippen molar-refractivity contribution in [3.63, 3.8) is 0 Å². The van der Waals surface area contributed by atoms with Crippen LogP contribution in [0.25, 0.3) is 0 Å². The first kappa shape index (κ1) is 10.6. The molecule has 3 heteroatoms. The second-order valence-corrected chi connectivity index (χ2v) is 8.16. The van der Waals surface area contributed by atoms with E-state index >= 15 is 0 Å². The Balaban J connectivity index is 1.68. The first-order chi connectivity index (χ1) is 8.40. The van der Waals surface area contributed by atoms with Gasteiger partial charge in [0.2, 0.25) is 0 Å². The average Bonchev–Trinajstić information content (AvgIpc) is 2.76. The molecule has 3 unspecified atom stereocenters. The Labute approximate surface area is 108 Å². The Hall–Kier alpha value is -0.120. The van der Waals surface area contributed by atoms with E-state index < -0.39 is 0 Å². The van der Waals surface area contributed by atoms with Gasteiger partial charge in [-0.2, -0.15) is 0 Å². The van der Waals surface area contributed by atoms with E-state index in [0.717, 1.165) is 12.8 Å². The summed E-state index contributed by atoms with van der Waals surface area (Å²) in [4.78, 5) is 0. The second kappa shape index (κ2) is 2.55. The third-order valence-corrected chi connectivity index (χ3v) is 7.21. The zero-order chi connectivity index (χ0) is 12.5. The highest BCUT2D eigenvalue weighted by Crippen LogP contribution is 2.74. The van der Waals surface area contributed by atoms with Crippen LogP contribution in [0.4, 0.5) is 0 Å². The maximum atomic E-state index is 10.5. The van der Waals surface area contributed by atoms with Gasteiger partial charge in [-0.05, 0) is 37.5 Å².